The zero-order valence-electron chi connectivity index (χ0n) is 19.5. The minimum atomic E-state index is -0.199. The predicted octanol–water partition coefficient (Wildman–Crippen LogP) is 3.07. The fraction of sp³-hybridized carbons (Fsp3) is 0.367. The summed E-state index contributed by atoms with van der Waals surface area (Å²) >= 11 is 0. The minimum absolute atomic E-state index is 0.0487. The van der Waals surface area contributed by atoms with Crippen LogP contribution in [0.15, 0.2) is 78.9 Å². The van der Waals surface area contributed by atoms with Crippen LogP contribution in [0.4, 0.5) is 0 Å². The Kier molecular flexibility index (Phi) is 4.82. The number of piperidine rings is 2. The first-order chi connectivity index (χ1) is 16.8. The lowest BCUT2D eigenvalue weighted by molar-refractivity contribution is 0.0662. The third-order valence-corrected chi connectivity index (χ3v) is 9.27. The van der Waals surface area contributed by atoms with Crippen LogP contribution < -0.4 is 21.6 Å². The Labute approximate surface area is 202 Å². The Morgan fingerprint density at radius 1 is 0.765 bits per heavy atom. The maximum atomic E-state index is 13.8. The van der Waals surface area contributed by atoms with E-state index in [1.165, 1.54) is 34.9 Å². The first-order valence-electron chi connectivity index (χ1n) is 13.1. The van der Waals surface area contributed by atoms with Gasteiger partial charge in [-0.3, -0.25) is 4.79 Å². The average Bonchev–Trinajstić information content (AvgIpc) is 2.91. The molecule has 0 saturated carbocycles. The minimum Gasteiger partial charge on any atom is -0.320 e. The van der Waals surface area contributed by atoms with E-state index in [0.717, 1.165) is 31.5 Å². The third kappa shape index (κ3) is 2.70. The lowest BCUT2D eigenvalue weighted by Crippen LogP contribution is -2.76. The Hall–Kier alpha value is -2.69. The van der Waals surface area contributed by atoms with E-state index in [9.17, 15) is 4.79 Å². The summed E-state index contributed by atoms with van der Waals surface area (Å²) in [5.74, 6) is 1.17. The van der Waals surface area contributed by atoms with Crippen LogP contribution in [0, 0.1) is 11.8 Å². The summed E-state index contributed by atoms with van der Waals surface area (Å²) in [6.07, 6.45) is 4.43. The fourth-order valence-corrected chi connectivity index (χ4v) is 8.18. The van der Waals surface area contributed by atoms with Gasteiger partial charge < -0.3 is 10.6 Å². The molecule has 1 spiro atoms. The van der Waals surface area contributed by atoms with E-state index in [-0.39, 0.29) is 17.4 Å². The van der Waals surface area contributed by atoms with E-state index < -0.39 is 0 Å². The van der Waals surface area contributed by atoms with Gasteiger partial charge >= 0.3 is 0 Å². The number of ketones is 1. The fourth-order valence-electron chi connectivity index (χ4n) is 8.18. The number of hydrogen-bond donors (Lipinski definition) is 2. The van der Waals surface area contributed by atoms with Gasteiger partial charge in [-0.1, -0.05) is 89.8 Å². The molecule has 4 aliphatic rings. The van der Waals surface area contributed by atoms with Gasteiger partial charge in [0, 0.05) is 22.9 Å². The smallest absolute Gasteiger partial charge is 0.227 e. The summed E-state index contributed by atoms with van der Waals surface area (Å²) in [5.41, 5.74) is 6.29. The van der Waals surface area contributed by atoms with Crippen molar-refractivity contribution in [2.75, 3.05) is 13.1 Å². The standard InChI is InChI=1S/C30H31BN2O/c34-27-21-12-4-5-14-23(21)30(28-22(27)13-8-18-32-28)24-15-6-7-17-26(24)31(20-10-2-1-3-11-20)29-25(30)16-9-19-33-29/h1-7,10-12,14-15,17,22,25,28-29,32-33H,8-9,13,16,18-19H2. The van der Waals surface area contributed by atoms with Crippen molar-refractivity contribution in [3.63, 3.8) is 0 Å². The summed E-state index contributed by atoms with van der Waals surface area (Å²) in [6, 6.07) is 28.9. The van der Waals surface area contributed by atoms with Crippen molar-refractivity contribution in [2.45, 2.75) is 43.1 Å². The molecular weight excluding hydrogens is 415 g/mol. The van der Waals surface area contributed by atoms with Crippen molar-refractivity contribution < 1.29 is 4.79 Å². The zero-order valence-corrected chi connectivity index (χ0v) is 19.5. The van der Waals surface area contributed by atoms with E-state index in [0.29, 0.717) is 24.4 Å². The van der Waals surface area contributed by atoms with Gasteiger partial charge in [-0.25, -0.2) is 0 Å². The van der Waals surface area contributed by atoms with Gasteiger partial charge in [-0.05, 0) is 61.8 Å². The van der Waals surface area contributed by atoms with Crippen molar-refractivity contribution in [1.29, 1.82) is 0 Å². The third-order valence-electron chi connectivity index (χ3n) is 9.27. The number of fused-ring (bicyclic) bond motifs is 8. The highest BCUT2D eigenvalue weighted by Crippen LogP contribution is 2.55. The molecule has 7 rings (SSSR count). The molecule has 0 radical (unpaired) electrons. The number of Topliss-reactive ketones (excluding diaryl/α,β-unsaturated/α-hetero) is 1. The van der Waals surface area contributed by atoms with Crippen LogP contribution in [-0.4, -0.2) is 37.6 Å². The zero-order chi connectivity index (χ0) is 22.7. The van der Waals surface area contributed by atoms with Crippen molar-refractivity contribution in [1.82, 2.24) is 10.6 Å². The molecule has 3 aliphatic heterocycles. The molecule has 3 nitrogen and oxygen atoms in total. The summed E-state index contributed by atoms with van der Waals surface area (Å²) in [5, 5.41) is 7.94. The molecule has 0 bridgehead atoms. The van der Waals surface area contributed by atoms with E-state index in [1.54, 1.807) is 0 Å². The molecule has 3 heterocycles. The molecule has 170 valence electrons. The number of carbonyl (C=O) groups excluding carboxylic acids is 1. The summed E-state index contributed by atoms with van der Waals surface area (Å²) in [6.45, 7) is 2.37. The van der Waals surface area contributed by atoms with Crippen LogP contribution in [0.5, 0.6) is 0 Å². The molecule has 5 unspecified atom stereocenters. The Morgan fingerprint density at radius 2 is 1.47 bits per heavy atom. The average molecular weight is 446 g/mol. The van der Waals surface area contributed by atoms with Gasteiger partial charge in [-0.15, -0.1) is 0 Å². The van der Waals surface area contributed by atoms with Crippen LogP contribution >= 0.6 is 0 Å². The first kappa shape index (κ1) is 20.7. The second-order valence-corrected chi connectivity index (χ2v) is 10.7. The Balaban J connectivity index is 1.57. The first-order valence-corrected chi connectivity index (χ1v) is 13.1. The highest BCUT2D eigenvalue weighted by atomic mass is 16.1. The molecule has 3 aromatic carbocycles. The number of hydrogen-bond acceptors (Lipinski definition) is 3. The lowest BCUT2D eigenvalue weighted by atomic mass is 9.26. The quantitative estimate of drug-likeness (QED) is 0.565. The predicted molar refractivity (Wildman–Crippen MR) is 138 cm³/mol. The van der Waals surface area contributed by atoms with Crippen LogP contribution in [0.3, 0.4) is 0 Å². The van der Waals surface area contributed by atoms with E-state index in [1.807, 2.05) is 0 Å². The van der Waals surface area contributed by atoms with Gasteiger partial charge in [-0.2, -0.15) is 0 Å². The summed E-state index contributed by atoms with van der Waals surface area (Å²) < 4.78 is 0. The lowest BCUT2D eigenvalue weighted by Gasteiger charge is -2.61. The molecular formula is C30H31BN2O. The summed E-state index contributed by atoms with van der Waals surface area (Å²) in [4.78, 5) is 13.8. The van der Waals surface area contributed by atoms with Gasteiger partial charge in [0.2, 0.25) is 6.71 Å². The van der Waals surface area contributed by atoms with Crippen molar-refractivity contribution in [3.8, 4) is 0 Å². The second-order valence-electron chi connectivity index (χ2n) is 10.7. The molecule has 0 amide bonds. The van der Waals surface area contributed by atoms with Crippen LogP contribution in [0.2, 0.25) is 0 Å². The van der Waals surface area contributed by atoms with E-state index in [2.05, 4.69) is 89.5 Å². The normalized spacial score (nSPS) is 31.9. The van der Waals surface area contributed by atoms with Crippen LogP contribution in [-0.2, 0) is 5.41 Å². The molecule has 3 aromatic rings. The highest BCUT2D eigenvalue weighted by Gasteiger charge is 2.63. The number of benzene rings is 3. The summed E-state index contributed by atoms with van der Waals surface area (Å²) in [7, 11) is 0. The molecule has 5 atom stereocenters. The van der Waals surface area contributed by atoms with Crippen LogP contribution in [0.25, 0.3) is 0 Å². The van der Waals surface area contributed by atoms with Crippen molar-refractivity contribution >= 4 is 23.4 Å². The molecule has 34 heavy (non-hydrogen) atoms. The monoisotopic (exact) mass is 446 g/mol. The van der Waals surface area contributed by atoms with E-state index in [4.69, 9.17) is 0 Å². The second kappa shape index (κ2) is 7.93. The Bertz CT molecular complexity index is 1240. The highest BCUT2D eigenvalue weighted by molar-refractivity contribution is 6.87. The maximum absolute atomic E-state index is 13.8. The number of rotatable bonds is 1. The largest absolute Gasteiger partial charge is 0.320 e. The van der Waals surface area contributed by atoms with Gasteiger partial charge in [0.05, 0.1) is 0 Å². The van der Waals surface area contributed by atoms with Crippen LogP contribution in [0.1, 0.15) is 47.2 Å². The molecule has 4 heteroatoms. The van der Waals surface area contributed by atoms with Crippen molar-refractivity contribution in [3.05, 3.63) is 95.6 Å². The molecule has 1 aliphatic carbocycles. The van der Waals surface area contributed by atoms with Gasteiger partial charge in [0.15, 0.2) is 5.78 Å². The molecule has 2 N–H and O–H groups in total. The SMILES string of the molecule is O=C1c2ccccc2C2(c3ccccc3B(c3ccccc3)C3NCCCC32)C2NCCCC12. The number of nitrogens with one attached hydrogen (secondary N) is 2. The Morgan fingerprint density at radius 3 is 2.35 bits per heavy atom. The van der Waals surface area contributed by atoms with Gasteiger partial charge in [0.25, 0.3) is 0 Å². The maximum Gasteiger partial charge on any atom is 0.227 e. The van der Waals surface area contributed by atoms with Gasteiger partial charge in [0.1, 0.15) is 0 Å². The van der Waals surface area contributed by atoms with E-state index >= 15 is 0 Å². The molecule has 2 saturated heterocycles. The number of carbonyl (C=O) groups is 1. The topological polar surface area (TPSA) is 41.1 Å². The van der Waals surface area contributed by atoms with Crippen molar-refractivity contribution in [2.24, 2.45) is 11.8 Å². The molecule has 0 aromatic heterocycles. The molecule has 2 fully saturated rings.